The average Bonchev–Trinajstić information content (AvgIpc) is 2.84. The van der Waals surface area contributed by atoms with Crippen molar-refractivity contribution in [1.82, 2.24) is 4.90 Å². The van der Waals surface area contributed by atoms with Gasteiger partial charge in [0, 0.05) is 30.6 Å². The van der Waals surface area contributed by atoms with E-state index in [2.05, 4.69) is 0 Å². The lowest BCUT2D eigenvalue weighted by molar-refractivity contribution is 0.0591. The molecule has 20 heavy (non-hydrogen) atoms. The van der Waals surface area contributed by atoms with Crippen molar-refractivity contribution in [3.63, 3.8) is 0 Å². The third-order valence-corrected chi connectivity index (χ3v) is 4.10. The summed E-state index contributed by atoms with van der Waals surface area (Å²) < 4.78 is 5.73. The zero-order chi connectivity index (χ0) is 14.1. The molecule has 1 aliphatic heterocycles. The Balaban J connectivity index is 1.90. The number of aliphatic hydroxyl groups excluding tert-OH is 1. The van der Waals surface area contributed by atoms with Gasteiger partial charge in [-0.25, -0.2) is 0 Å². The van der Waals surface area contributed by atoms with Crippen LogP contribution in [0.25, 0.3) is 11.0 Å². The number of furan rings is 1. The topological polar surface area (TPSA) is 53.7 Å². The van der Waals surface area contributed by atoms with Crippen molar-refractivity contribution in [2.45, 2.75) is 19.8 Å². The number of para-hydroxylation sites is 1. The van der Waals surface area contributed by atoms with Gasteiger partial charge in [-0.05, 0) is 31.7 Å². The standard InChI is InChI=1S/C16H19NO3/c1-11-13-6-2-3-7-14(13)20-15(11)16(19)17-8-4-5-12(9-17)10-18/h2-3,6-7,12,18H,4-5,8-10H2,1H3. The van der Waals surface area contributed by atoms with Crippen LogP contribution in [0.4, 0.5) is 0 Å². The fourth-order valence-electron chi connectivity index (χ4n) is 2.92. The van der Waals surface area contributed by atoms with Gasteiger partial charge in [0.1, 0.15) is 5.58 Å². The summed E-state index contributed by atoms with van der Waals surface area (Å²) in [6.45, 7) is 3.42. The van der Waals surface area contributed by atoms with Gasteiger partial charge in [0.25, 0.3) is 5.91 Å². The average molecular weight is 273 g/mol. The fourth-order valence-corrected chi connectivity index (χ4v) is 2.92. The summed E-state index contributed by atoms with van der Waals surface area (Å²) in [6, 6.07) is 7.70. The van der Waals surface area contributed by atoms with Gasteiger partial charge >= 0.3 is 0 Å². The first kappa shape index (κ1) is 13.2. The minimum atomic E-state index is -0.0585. The minimum absolute atomic E-state index is 0.0585. The molecule has 0 spiro atoms. The summed E-state index contributed by atoms with van der Waals surface area (Å²) in [7, 11) is 0. The van der Waals surface area contributed by atoms with Gasteiger partial charge < -0.3 is 14.4 Å². The maximum atomic E-state index is 12.6. The summed E-state index contributed by atoms with van der Waals surface area (Å²) in [6.07, 6.45) is 1.93. The second-order valence-electron chi connectivity index (χ2n) is 5.49. The van der Waals surface area contributed by atoms with Crippen LogP contribution in [0.15, 0.2) is 28.7 Å². The van der Waals surface area contributed by atoms with E-state index in [0.717, 1.165) is 35.9 Å². The zero-order valence-electron chi connectivity index (χ0n) is 11.6. The summed E-state index contributed by atoms with van der Waals surface area (Å²) in [5, 5.41) is 10.3. The molecule has 4 nitrogen and oxygen atoms in total. The van der Waals surface area contributed by atoms with Crippen molar-refractivity contribution < 1.29 is 14.3 Å². The smallest absolute Gasteiger partial charge is 0.289 e. The van der Waals surface area contributed by atoms with Crippen LogP contribution in [0, 0.1) is 12.8 Å². The van der Waals surface area contributed by atoms with E-state index >= 15 is 0 Å². The second-order valence-corrected chi connectivity index (χ2v) is 5.49. The van der Waals surface area contributed by atoms with Crippen LogP contribution in [0.1, 0.15) is 29.0 Å². The fraction of sp³-hybridized carbons (Fsp3) is 0.438. The maximum Gasteiger partial charge on any atom is 0.289 e. The Kier molecular flexibility index (Phi) is 3.49. The number of fused-ring (bicyclic) bond motifs is 1. The highest BCUT2D eigenvalue weighted by Crippen LogP contribution is 2.27. The van der Waals surface area contributed by atoms with Crippen LogP contribution in [0.2, 0.25) is 0 Å². The van der Waals surface area contributed by atoms with Crippen molar-refractivity contribution in [3.8, 4) is 0 Å². The Morgan fingerprint density at radius 1 is 1.45 bits per heavy atom. The highest BCUT2D eigenvalue weighted by atomic mass is 16.3. The van der Waals surface area contributed by atoms with Crippen LogP contribution < -0.4 is 0 Å². The van der Waals surface area contributed by atoms with E-state index in [1.54, 1.807) is 4.90 Å². The lowest BCUT2D eigenvalue weighted by Gasteiger charge is -2.31. The number of carbonyl (C=O) groups is 1. The predicted octanol–water partition coefficient (Wildman–Crippen LogP) is 2.59. The number of hydrogen-bond donors (Lipinski definition) is 1. The number of likely N-dealkylation sites (tertiary alicyclic amines) is 1. The molecule has 1 aliphatic rings. The van der Waals surface area contributed by atoms with Crippen molar-refractivity contribution in [2.75, 3.05) is 19.7 Å². The van der Waals surface area contributed by atoms with E-state index in [4.69, 9.17) is 4.42 Å². The molecule has 106 valence electrons. The van der Waals surface area contributed by atoms with Gasteiger partial charge in [0.2, 0.25) is 0 Å². The van der Waals surface area contributed by atoms with E-state index in [1.807, 2.05) is 31.2 Å². The SMILES string of the molecule is Cc1c(C(=O)N2CCCC(CO)C2)oc2ccccc12. The van der Waals surface area contributed by atoms with E-state index in [0.29, 0.717) is 12.3 Å². The maximum absolute atomic E-state index is 12.6. The second kappa shape index (κ2) is 5.29. The molecule has 3 rings (SSSR count). The van der Waals surface area contributed by atoms with Gasteiger partial charge in [-0.2, -0.15) is 0 Å². The Morgan fingerprint density at radius 3 is 3.00 bits per heavy atom. The van der Waals surface area contributed by atoms with Crippen molar-refractivity contribution >= 4 is 16.9 Å². The molecule has 1 aromatic carbocycles. The minimum Gasteiger partial charge on any atom is -0.451 e. The number of benzene rings is 1. The first-order chi connectivity index (χ1) is 9.70. The predicted molar refractivity (Wildman–Crippen MR) is 76.7 cm³/mol. The number of rotatable bonds is 2. The molecule has 0 bridgehead atoms. The largest absolute Gasteiger partial charge is 0.451 e. The number of aryl methyl sites for hydroxylation is 1. The first-order valence-corrected chi connectivity index (χ1v) is 7.09. The molecule has 1 saturated heterocycles. The number of piperidine rings is 1. The van der Waals surface area contributed by atoms with Gasteiger partial charge in [0.05, 0.1) is 0 Å². The Labute approximate surface area is 118 Å². The van der Waals surface area contributed by atoms with Crippen LogP contribution in [0.5, 0.6) is 0 Å². The molecule has 1 amide bonds. The van der Waals surface area contributed by atoms with Gasteiger partial charge in [-0.3, -0.25) is 4.79 Å². The summed E-state index contributed by atoms with van der Waals surface area (Å²) >= 11 is 0. The third-order valence-electron chi connectivity index (χ3n) is 4.10. The molecule has 4 heteroatoms. The van der Waals surface area contributed by atoms with Crippen molar-refractivity contribution in [2.24, 2.45) is 5.92 Å². The number of amides is 1. The molecule has 2 heterocycles. The summed E-state index contributed by atoms with van der Waals surface area (Å²) in [5.41, 5.74) is 1.65. The molecule has 1 unspecified atom stereocenters. The van der Waals surface area contributed by atoms with Crippen molar-refractivity contribution in [3.05, 3.63) is 35.6 Å². The number of aliphatic hydroxyl groups is 1. The number of carbonyl (C=O) groups excluding carboxylic acids is 1. The lowest BCUT2D eigenvalue weighted by atomic mass is 9.98. The molecule has 2 aromatic rings. The molecule has 0 aliphatic carbocycles. The molecule has 1 fully saturated rings. The van der Waals surface area contributed by atoms with Crippen LogP contribution in [-0.2, 0) is 0 Å². The molecule has 1 atom stereocenters. The number of hydrogen-bond acceptors (Lipinski definition) is 3. The molecule has 1 aromatic heterocycles. The van der Waals surface area contributed by atoms with Crippen LogP contribution >= 0.6 is 0 Å². The van der Waals surface area contributed by atoms with E-state index in [-0.39, 0.29) is 18.4 Å². The molecule has 0 saturated carbocycles. The summed E-state index contributed by atoms with van der Waals surface area (Å²) in [4.78, 5) is 14.4. The molecular weight excluding hydrogens is 254 g/mol. The lowest BCUT2D eigenvalue weighted by Crippen LogP contribution is -2.41. The van der Waals surface area contributed by atoms with E-state index in [1.165, 1.54) is 0 Å². The quantitative estimate of drug-likeness (QED) is 0.915. The third kappa shape index (κ3) is 2.20. The monoisotopic (exact) mass is 273 g/mol. The van der Waals surface area contributed by atoms with Crippen molar-refractivity contribution in [1.29, 1.82) is 0 Å². The highest BCUT2D eigenvalue weighted by molar-refractivity contribution is 5.98. The molecule has 1 N–H and O–H groups in total. The molecular formula is C16H19NO3. The highest BCUT2D eigenvalue weighted by Gasteiger charge is 2.27. The summed E-state index contributed by atoms with van der Waals surface area (Å²) in [5.74, 6) is 0.569. The van der Waals surface area contributed by atoms with Gasteiger partial charge in [-0.15, -0.1) is 0 Å². The Hall–Kier alpha value is -1.81. The van der Waals surface area contributed by atoms with E-state index < -0.39 is 0 Å². The Morgan fingerprint density at radius 2 is 2.25 bits per heavy atom. The van der Waals surface area contributed by atoms with Gasteiger partial charge in [-0.1, -0.05) is 18.2 Å². The van der Waals surface area contributed by atoms with Crippen LogP contribution in [-0.4, -0.2) is 35.6 Å². The van der Waals surface area contributed by atoms with E-state index in [9.17, 15) is 9.90 Å². The normalized spacial score (nSPS) is 19.5. The zero-order valence-corrected chi connectivity index (χ0v) is 11.6. The number of nitrogens with zero attached hydrogens (tertiary/aromatic N) is 1. The van der Waals surface area contributed by atoms with Crippen LogP contribution in [0.3, 0.4) is 0 Å². The Bertz CT molecular complexity index is 632. The van der Waals surface area contributed by atoms with Gasteiger partial charge in [0.15, 0.2) is 5.76 Å². The first-order valence-electron chi connectivity index (χ1n) is 7.09. The molecule has 0 radical (unpaired) electrons.